The first-order valence-electron chi connectivity index (χ1n) is 8.27. The Labute approximate surface area is 140 Å². The van der Waals surface area contributed by atoms with Crippen LogP contribution in [-0.2, 0) is 0 Å². The van der Waals surface area contributed by atoms with Crippen LogP contribution in [0.4, 0.5) is 0 Å². The van der Waals surface area contributed by atoms with E-state index < -0.39 is 10.9 Å². The molecule has 0 radical (unpaired) electrons. The van der Waals surface area contributed by atoms with Gasteiger partial charge in [-0.3, -0.25) is 9.59 Å². The summed E-state index contributed by atoms with van der Waals surface area (Å²) in [7, 11) is 0. The van der Waals surface area contributed by atoms with E-state index in [-0.39, 0.29) is 11.8 Å². The van der Waals surface area contributed by atoms with Gasteiger partial charge in [0.2, 0.25) is 10.9 Å². The smallest absolute Gasteiger partial charge is 0.233 e. The predicted molar refractivity (Wildman–Crippen MR) is 95.3 cm³/mol. The highest BCUT2D eigenvalue weighted by Crippen LogP contribution is 2.37. The Bertz CT molecular complexity index is 1020. The second kappa shape index (κ2) is 5.62. The monoisotopic (exact) mass is 326 g/mol. The molecule has 0 unspecified atom stereocenters. The van der Waals surface area contributed by atoms with Crippen LogP contribution in [0, 0.1) is 13.8 Å². The quantitative estimate of drug-likeness (QED) is 0.505. The van der Waals surface area contributed by atoms with Crippen LogP contribution in [0.15, 0.2) is 30.6 Å². The highest BCUT2D eigenvalue weighted by molar-refractivity contribution is 5.81. The van der Waals surface area contributed by atoms with Crippen LogP contribution < -0.4 is 10.9 Å². The van der Waals surface area contributed by atoms with Gasteiger partial charge in [-0.2, -0.15) is 0 Å². The van der Waals surface area contributed by atoms with Crippen molar-refractivity contribution in [3.8, 4) is 11.5 Å². The topological polar surface area (TPSA) is 60.4 Å². The Hall–Kier alpha value is -2.36. The molecule has 0 bridgehead atoms. The van der Waals surface area contributed by atoms with Crippen LogP contribution in [0.25, 0.3) is 22.7 Å². The Kier molecular flexibility index (Phi) is 3.86. The summed E-state index contributed by atoms with van der Waals surface area (Å²) in [5.41, 5.74) is 2.92. The van der Waals surface area contributed by atoms with E-state index >= 15 is 0 Å². The number of hydrogen-bond donors (Lipinski definition) is 0. The molecule has 126 valence electrons. The molecule has 0 saturated heterocycles. The summed E-state index contributed by atoms with van der Waals surface area (Å²) >= 11 is 0. The van der Waals surface area contributed by atoms with Crippen molar-refractivity contribution >= 4 is 11.2 Å². The summed E-state index contributed by atoms with van der Waals surface area (Å²) in [4.78, 5) is 24.7. The molecule has 0 aromatic heterocycles. The van der Waals surface area contributed by atoms with Crippen molar-refractivity contribution in [1.82, 2.24) is 0 Å². The van der Waals surface area contributed by atoms with E-state index in [0.29, 0.717) is 33.8 Å². The average molecular weight is 326 g/mol. The molecule has 4 nitrogen and oxygen atoms in total. The fourth-order valence-corrected chi connectivity index (χ4v) is 3.11. The molecule has 24 heavy (non-hydrogen) atoms. The third-order valence-electron chi connectivity index (χ3n) is 4.53. The molecule has 0 atom stereocenters. The Morgan fingerprint density at radius 1 is 0.792 bits per heavy atom. The minimum absolute atomic E-state index is 0.128. The number of fused-ring (bicyclic) bond motifs is 2. The van der Waals surface area contributed by atoms with Crippen molar-refractivity contribution in [2.75, 3.05) is 0 Å². The van der Waals surface area contributed by atoms with Crippen LogP contribution in [0.2, 0.25) is 0 Å². The first-order valence-corrected chi connectivity index (χ1v) is 8.27. The molecule has 0 fully saturated rings. The maximum atomic E-state index is 12.5. The molecule has 1 aliphatic heterocycles. The zero-order chi connectivity index (χ0) is 17.8. The van der Waals surface area contributed by atoms with E-state index in [4.69, 9.17) is 8.83 Å². The van der Waals surface area contributed by atoms with Crippen LogP contribution >= 0.6 is 0 Å². The minimum Gasteiger partial charge on any atom is -0.449 e. The van der Waals surface area contributed by atoms with E-state index in [0.717, 1.165) is 11.1 Å². The molecule has 3 rings (SSSR count). The van der Waals surface area contributed by atoms with E-state index in [1.807, 2.05) is 32.9 Å². The molecular weight excluding hydrogens is 304 g/mol. The summed E-state index contributed by atoms with van der Waals surface area (Å²) < 4.78 is 12.3. The lowest BCUT2D eigenvalue weighted by Crippen LogP contribution is -2.31. The van der Waals surface area contributed by atoms with Gasteiger partial charge >= 0.3 is 0 Å². The summed E-state index contributed by atoms with van der Waals surface area (Å²) in [6, 6.07) is 4.01. The summed E-state index contributed by atoms with van der Waals surface area (Å²) in [5, 5.41) is 0. The number of aryl methyl sites for hydroxylation is 1. The molecule has 1 heterocycles. The largest absolute Gasteiger partial charge is 0.449 e. The van der Waals surface area contributed by atoms with E-state index in [1.54, 1.807) is 6.92 Å². The van der Waals surface area contributed by atoms with E-state index in [9.17, 15) is 9.59 Å². The molecule has 0 spiro atoms. The second-order valence-corrected chi connectivity index (χ2v) is 7.00. The van der Waals surface area contributed by atoms with Crippen molar-refractivity contribution < 1.29 is 8.83 Å². The maximum Gasteiger partial charge on any atom is 0.233 e. The summed E-state index contributed by atoms with van der Waals surface area (Å²) in [6.45, 7) is 11.5. The lowest BCUT2D eigenvalue weighted by atomic mass is 9.95. The number of rotatable bonds is 2. The van der Waals surface area contributed by atoms with Gasteiger partial charge in [0.15, 0.2) is 22.7 Å². The average Bonchev–Trinajstić information content (AvgIpc) is 2.51. The normalized spacial score (nSPS) is 12.0. The first-order chi connectivity index (χ1) is 11.2. The van der Waals surface area contributed by atoms with Crippen LogP contribution in [0.3, 0.4) is 0 Å². The molecule has 1 aromatic rings. The van der Waals surface area contributed by atoms with Gasteiger partial charge in [-0.15, -0.1) is 0 Å². The Balaban J connectivity index is 2.62. The summed E-state index contributed by atoms with van der Waals surface area (Å²) in [6.07, 6.45) is 0. The van der Waals surface area contributed by atoms with Gasteiger partial charge < -0.3 is 8.83 Å². The Morgan fingerprint density at radius 3 is 2.00 bits per heavy atom. The molecule has 0 amide bonds. The van der Waals surface area contributed by atoms with Gasteiger partial charge in [0, 0.05) is 11.1 Å². The zero-order valence-corrected chi connectivity index (χ0v) is 14.9. The minimum atomic E-state index is -0.512. The standard InChI is InChI=1S/C20H22O4/c1-9(2)13-8-7-11(5)17-19(13)24-20-14(10(3)4)16(22)15(21)12(6)18(20)23-17/h7-10H,1-6H3. The predicted octanol–water partition coefficient (Wildman–Crippen LogP) is 4.71. The Morgan fingerprint density at radius 2 is 1.42 bits per heavy atom. The van der Waals surface area contributed by atoms with Crippen LogP contribution in [0.1, 0.15) is 61.8 Å². The fourth-order valence-electron chi connectivity index (χ4n) is 3.11. The number of hydrogen-bond acceptors (Lipinski definition) is 4. The zero-order valence-electron chi connectivity index (χ0n) is 14.9. The van der Waals surface area contributed by atoms with Crippen molar-refractivity contribution in [2.45, 2.75) is 53.4 Å². The molecule has 0 saturated carbocycles. The van der Waals surface area contributed by atoms with Crippen LogP contribution in [0.5, 0.6) is 0 Å². The lowest BCUT2D eigenvalue weighted by molar-refractivity contribution is 0.505. The van der Waals surface area contributed by atoms with Gasteiger partial charge in [0.25, 0.3) is 0 Å². The van der Waals surface area contributed by atoms with Gasteiger partial charge in [0.05, 0.1) is 5.56 Å². The van der Waals surface area contributed by atoms with E-state index in [2.05, 4.69) is 13.8 Å². The second-order valence-electron chi connectivity index (χ2n) is 7.00. The molecule has 2 aliphatic rings. The van der Waals surface area contributed by atoms with Crippen molar-refractivity contribution in [3.05, 3.63) is 54.8 Å². The fraction of sp³-hybridized carbons (Fsp3) is 0.400. The molecule has 0 N–H and O–H groups in total. The van der Waals surface area contributed by atoms with Gasteiger partial charge in [-0.25, -0.2) is 0 Å². The highest BCUT2D eigenvalue weighted by Gasteiger charge is 2.27. The third-order valence-corrected chi connectivity index (χ3v) is 4.53. The van der Waals surface area contributed by atoms with Crippen molar-refractivity contribution in [2.24, 2.45) is 0 Å². The molecule has 4 heteroatoms. The number of benzene rings is 2. The SMILES string of the molecule is Cc1c2oc3c(C)ccc(C(C)C)c3oc-2c(C(C)C)c(=O)c1=O. The molecule has 1 aromatic carbocycles. The van der Waals surface area contributed by atoms with Gasteiger partial charge in [-0.05, 0) is 31.2 Å². The highest BCUT2D eigenvalue weighted by atomic mass is 16.4. The third kappa shape index (κ3) is 2.29. The first kappa shape index (κ1) is 16.5. The molecular formula is C20H22O4. The maximum absolute atomic E-state index is 12.5. The van der Waals surface area contributed by atoms with Crippen molar-refractivity contribution in [1.29, 1.82) is 0 Å². The van der Waals surface area contributed by atoms with Gasteiger partial charge in [-0.1, -0.05) is 39.8 Å². The van der Waals surface area contributed by atoms with Crippen molar-refractivity contribution in [3.63, 3.8) is 0 Å². The lowest BCUT2D eigenvalue weighted by Gasteiger charge is -2.17. The van der Waals surface area contributed by atoms with Crippen LogP contribution in [-0.4, -0.2) is 0 Å². The summed E-state index contributed by atoms with van der Waals surface area (Å²) in [5.74, 6) is 0.891. The van der Waals surface area contributed by atoms with E-state index in [1.165, 1.54) is 0 Å². The van der Waals surface area contributed by atoms with Gasteiger partial charge in [0.1, 0.15) is 0 Å². The molecule has 1 aliphatic carbocycles.